The Bertz CT molecular complexity index is 407. The Hall–Kier alpha value is -1.57. The van der Waals surface area contributed by atoms with Crippen LogP contribution in [0.5, 0.6) is 5.75 Å². The summed E-state index contributed by atoms with van der Waals surface area (Å²) in [5.41, 5.74) is 1.62. The van der Waals surface area contributed by atoms with E-state index in [9.17, 15) is 0 Å². The number of nitrogens with zero attached hydrogens (tertiary/aromatic N) is 2. The molecule has 0 aromatic heterocycles. The Morgan fingerprint density at radius 2 is 2.17 bits per heavy atom. The van der Waals surface area contributed by atoms with E-state index in [2.05, 4.69) is 17.9 Å². The van der Waals surface area contributed by atoms with Crippen LogP contribution in [0.15, 0.2) is 18.2 Å². The molecule has 0 saturated heterocycles. The van der Waals surface area contributed by atoms with E-state index < -0.39 is 0 Å². The fraction of sp³-hybridized carbons (Fsp3) is 0.500. The average molecular weight is 248 g/mol. The van der Waals surface area contributed by atoms with Crippen molar-refractivity contribution in [1.29, 1.82) is 5.26 Å². The van der Waals surface area contributed by atoms with Gasteiger partial charge in [0, 0.05) is 18.7 Å². The minimum absolute atomic E-state index is 0.139. The van der Waals surface area contributed by atoms with E-state index >= 15 is 0 Å². The zero-order valence-electron chi connectivity index (χ0n) is 11.0. The fourth-order valence-electron chi connectivity index (χ4n) is 1.94. The lowest BCUT2D eigenvalue weighted by Gasteiger charge is -2.21. The molecule has 0 heterocycles. The van der Waals surface area contributed by atoms with Gasteiger partial charge in [-0.15, -0.1) is 0 Å². The topological polar surface area (TPSA) is 56.5 Å². The van der Waals surface area contributed by atoms with Crippen LogP contribution in [0, 0.1) is 11.3 Å². The van der Waals surface area contributed by atoms with Crippen molar-refractivity contribution in [3.05, 3.63) is 29.3 Å². The summed E-state index contributed by atoms with van der Waals surface area (Å²) in [7, 11) is 1.63. The van der Waals surface area contributed by atoms with Gasteiger partial charge in [-0.1, -0.05) is 6.92 Å². The molecule has 0 bridgehead atoms. The van der Waals surface area contributed by atoms with Crippen LogP contribution in [0.4, 0.5) is 0 Å². The molecular weight excluding hydrogens is 228 g/mol. The van der Waals surface area contributed by atoms with Crippen molar-refractivity contribution in [3.8, 4) is 11.8 Å². The normalized spacial score (nSPS) is 10.4. The van der Waals surface area contributed by atoms with E-state index in [1.165, 1.54) is 0 Å². The Balaban J connectivity index is 2.88. The second-order valence-corrected chi connectivity index (χ2v) is 4.14. The first-order valence-corrected chi connectivity index (χ1v) is 6.15. The molecule has 98 valence electrons. The van der Waals surface area contributed by atoms with E-state index in [0.717, 1.165) is 24.3 Å². The number of aliphatic hydroxyl groups excluding tert-OH is 1. The minimum Gasteiger partial charge on any atom is -0.496 e. The summed E-state index contributed by atoms with van der Waals surface area (Å²) in [4.78, 5) is 2.15. The molecule has 0 aliphatic carbocycles. The maximum atomic E-state index is 9.04. The molecule has 0 atom stereocenters. The average Bonchev–Trinajstić information content (AvgIpc) is 2.39. The number of hydrogen-bond donors (Lipinski definition) is 1. The predicted octanol–water partition coefficient (Wildman–Crippen LogP) is 1.77. The van der Waals surface area contributed by atoms with Gasteiger partial charge in [0.25, 0.3) is 0 Å². The third-order valence-electron chi connectivity index (χ3n) is 2.76. The van der Waals surface area contributed by atoms with Gasteiger partial charge in [-0.3, -0.25) is 4.90 Å². The van der Waals surface area contributed by atoms with Gasteiger partial charge < -0.3 is 9.84 Å². The van der Waals surface area contributed by atoms with E-state index in [1.54, 1.807) is 13.2 Å². The monoisotopic (exact) mass is 248 g/mol. The molecule has 4 heteroatoms. The Morgan fingerprint density at radius 1 is 1.39 bits per heavy atom. The molecule has 18 heavy (non-hydrogen) atoms. The molecule has 4 nitrogen and oxygen atoms in total. The van der Waals surface area contributed by atoms with Crippen molar-refractivity contribution in [2.45, 2.75) is 19.9 Å². The van der Waals surface area contributed by atoms with Gasteiger partial charge in [0.2, 0.25) is 0 Å². The fourth-order valence-corrected chi connectivity index (χ4v) is 1.94. The van der Waals surface area contributed by atoms with Crippen LogP contribution in [0.2, 0.25) is 0 Å². The van der Waals surface area contributed by atoms with Gasteiger partial charge in [-0.2, -0.15) is 5.26 Å². The van der Waals surface area contributed by atoms with Crippen LogP contribution in [0.3, 0.4) is 0 Å². The van der Waals surface area contributed by atoms with Crippen LogP contribution < -0.4 is 4.74 Å². The highest BCUT2D eigenvalue weighted by molar-refractivity contribution is 5.42. The molecule has 1 N–H and O–H groups in total. The molecule has 1 rings (SSSR count). The number of ether oxygens (including phenoxy) is 1. The van der Waals surface area contributed by atoms with Crippen molar-refractivity contribution in [1.82, 2.24) is 4.90 Å². The summed E-state index contributed by atoms with van der Waals surface area (Å²) in [6.07, 6.45) is 1.03. The number of methoxy groups -OCH3 is 1. The number of hydrogen-bond acceptors (Lipinski definition) is 4. The summed E-state index contributed by atoms with van der Waals surface area (Å²) in [5, 5.41) is 18.0. The van der Waals surface area contributed by atoms with E-state index in [1.807, 2.05) is 12.1 Å². The second-order valence-electron chi connectivity index (χ2n) is 4.14. The molecule has 0 aliphatic heterocycles. The van der Waals surface area contributed by atoms with Gasteiger partial charge in [0.15, 0.2) is 0 Å². The number of aliphatic hydroxyl groups is 1. The molecule has 0 spiro atoms. The summed E-state index contributed by atoms with van der Waals surface area (Å²) < 4.78 is 5.30. The molecular formula is C14H20N2O2. The maximum absolute atomic E-state index is 9.04. The Kier molecular flexibility index (Phi) is 6.20. The number of nitriles is 1. The Morgan fingerprint density at radius 3 is 2.72 bits per heavy atom. The first-order chi connectivity index (χ1) is 8.74. The lowest BCUT2D eigenvalue weighted by atomic mass is 10.1. The highest BCUT2D eigenvalue weighted by atomic mass is 16.5. The zero-order valence-corrected chi connectivity index (χ0v) is 11.0. The van der Waals surface area contributed by atoms with Crippen molar-refractivity contribution >= 4 is 0 Å². The molecule has 1 aromatic carbocycles. The quantitative estimate of drug-likeness (QED) is 0.799. The van der Waals surface area contributed by atoms with Gasteiger partial charge in [0.05, 0.1) is 25.3 Å². The van der Waals surface area contributed by atoms with Crippen LogP contribution in [-0.4, -0.2) is 36.8 Å². The summed E-state index contributed by atoms with van der Waals surface area (Å²) in [6, 6.07) is 7.54. The lowest BCUT2D eigenvalue weighted by Crippen LogP contribution is -2.27. The zero-order chi connectivity index (χ0) is 13.4. The molecule has 0 unspecified atom stereocenters. The van der Waals surface area contributed by atoms with Crippen molar-refractivity contribution in [2.75, 3.05) is 26.8 Å². The largest absolute Gasteiger partial charge is 0.496 e. The maximum Gasteiger partial charge on any atom is 0.123 e. The first kappa shape index (κ1) is 14.5. The first-order valence-electron chi connectivity index (χ1n) is 6.15. The second kappa shape index (κ2) is 7.70. The van der Waals surface area contributed by atoms with Gasteiger partial charge in [-0.25, -0.2) is 0 Å². The highest BCUT2D eigenvalue weighted by Gasteiger charge is 2.09. The predicted molar refractivity (Wildman–Crippen MR) is 70.4 cm³/mol. The summed E-state index contributed by atoms with van der Waals surface area (Å²) in [5.74, 6) is 0.785. The third kappa shape index (κ3) is 4.02. The van der Waals surface area contributed by atoms with Crippen molar-refractivity contribution < 1.29 is 9.84 Å². The van der Waals surface area contributed by atoms with Crippen LogP contribution >= 0.6 is 0 Å². The van der Waals surface area contributed by atoms with Crippen molar-refractivity contribution in [3.63, 3.8) is 0 Å². The lowest BCUT2D eigenvalue weighted by molar-refractivity contribution is 0.189. The number of benzene rings is 1. The highest BCUT2D eigenvalue weighted by Crippen LogP contribution is 2.21. The van der Waals surface area contributed by atoms with Crippen LogP contribution in [0.1, 0.15) is 24.5 Å². The minimum atomic E-state index is 0.139. The van der Waals surface area contributed by atoms with E-state index in [0.29, 0.717) is 18.7 Å². The van der Waals surface area contributed by atoms with Gasteiger partial charge in [-0.05, 0) is 31.2 Å². The SMILES string of the molecule is CCCN(CCO)Cc1cc(C#N)ccc1OC. The third-order valence-corrected chi connectivity index (χ3v) is 2.76. The molecule has 0 amide bonds. The molecule has 0 fully saturated rings. The van der Waals surface area contributed by atoms with E-state index in [4.69, 9.17) is 15.1 Å². The van der Waals surface area contributed by atoms with Gasteiger partial charge >= 0.3 is 0 Å². The Labute approximate surface area is 108 Å². The molecule has 0 saturated carbocycles. The summed E-state index contributed by atoms with van der Waals surface area (Å²) >= 11 is 0. The molecule has 1 aromatic rings. The smallest absolute Gasteiger partial charge is 0.123 e. The summed E-state index contributed by atoms with van der Waals surface area (Å²) in [6.45, 7) is 4.48. The van der Waals surface area contributed by atoms with E-state index in [-0.39, 0.29) is 6.61 Å². The molecule has 0 radical (unpaired) electrons. The van der Waals surface area contributed by atoms with Crippen molar-refractivity contribution in [2.24, 2.45) is 0 Å². The van der Waals surface area contributed by atoms with Crippen LogP contribution in [-0.2, 0) is 6.54 Å². The molecule has 0 aliphatic rings. The van der Waals surface area contributed by atoms with Gasteiger partial charge in [0.1, 0.15) is 5.75 Å². The number of rotatable bonds is 7. The van der Waals surface area contributed by atoms with Crippen LogP contribution in [0.25, 0.3) is 0 Å². The standard InChI is InChI=1S/C14H20N2O2/c1-3-6-16(7-8-17)11-13-9-12(10-15)4-5-14(13)18-2/h4-5,9,17H,3,6-8,11H2,1-2H3.